The zero-order valence-corrected chi connectivity index (χ0v) is 18.4. The van der Waals surface area contributed by atoms with Crippen LogP contribution in [0.1, 0.15) is 12.6 Å². The first-order chi connectivity index (χ1) is 15.8. The Labute approximate surface area is 191 Å². The predicted octanol–water partition coefficient (Wildman–Crippen LogP) is -0.685. The molecule has 6 unspecified atom stereocenters. The minimum Gasteiger partial charge on any atom is -0.480 e. The minimum absolute atomic E-state index is 0.187. The Kier molecular flexibility index (Phi) is 8.43. The van der Waals surface area contributed by atoms with E-state index in [1.54, 1.807) is 6.08 Å². The van der Waals surface area contributed by atoms with Crippen LogP contribution in [0.4, 0.5) is 5.82 Å². The summed E-state index contributed by atoms with van der Waals surface area (Å²) in [7, 11) is -0.417. The van der Waals surface area contributed by atoms with Crippen molar-refractivity contribution in [3.63, 3.8) is 0 Å². The number of nitrogen functional groups attached to an aromatic ring is 1. The monoisotopic (exact) mass is 480 g/mol. The van der Waals surface area contributed by atoms with Gasteiger partial charge in [-0.1, -0.05) is 11.2 Å². The Balaban J connectivity index is 1.72. The summed E-state index contributed by atoms with van der Waals surface area (Å²) in [5.74, 6) is 0.518. The average molecular weight is 481 g/mol. The second kappa shape index (κ2) is 11.3. The van der Waals surface area contributed by atoms with Crippen LogP contribution in [0, 0.1) is 0 Å². The molecule has 0 radical (unpaired) electrons. The number of ether oxygens (including phenoxy) is 1. The van der Waals surface area contributed by atoms with Crippen molar-refractivity contribution in [2.24, 2.45) is 10.8 Å². The molecule has 7 N–H and O–H groups in total. The van der Waals surface area contributed by atoms with Gasteiger partial charge in [-0.05, 0) is 22.5 Å². The second-order valence-corrected chi connectivity index (χ2v) is 9.70. The predicted molar refractivity (Wildman–Crippen MR) is 121 cm³/mol. The molecular formula is C18H26N9O5S+. The fourth-order valence-corrected chi connectivity index (χ4v) is 5.60. The lowest BCUT2D eigenvalue weighted by Gasteiger charge is -2.17. The number of carboxylic acid groups (broad SMARTS) is 1. The van der Waals surface area contributed by atoms with Crippen molar-refractivity contribution >= 4 is 33.8 Å². The number of nitrogens with two attached hydrogens (primary N) is 2. The normalized spacial score (nSPS) is 24.7. The second-order valence-electron chi connectivity index (χ2n) is 7.40. The Bertz CT molecular complexity index is 1040. The number of hydrogen-bond acceptors (Lipinski definition) is 10. The van der Waals surface area contributed by atoms with E-state index in [1.807, 2.05) is 6.08 Å². The molecule has 178 valence electrons. The summed E-state index contributed by atoms with van der Waals surface area (Å²) in [6.07, 6.45) is 2.43. The summed E-state index contributed by atoms with van der Waals surface area (Å²) in [4.78, 5) is 26.0. The van der Waals surface area contributed by atoms with Gasteiger partial charge in [0.2, 0.25) is 0 Å². The number of azide groups is 1. The summed E-state index contributed by atoms with van der Waals surface area (Å²) in [6, 6.07) is -0.998. The number of aliphatic hydroxyl groups excluding tert-OH is 2. The summed E-state index contributed by atoms with van der Waals surface area (Å²) in [5, 5.41) is 33.8. The third kappa shape index (κ3) is 5.90. The maximum absolute atomic E-state index is 11.1. The molecule has 1 aliphatic rings. The van der Waals surface area contributed by atoms with E-state index in [2.05, 4.69) is 25.0 Å². The van der Waals surface area contributed by atoms with E-state index >= 15 is 0 Å². The van der Waals surface area contributed by atoms with Crippen molar-refractivity contribution in [2.75, 3.05) is 29.5 Å². The van der Waals surface area contributed by atoms with Crippen molar-refractivity contribution in [1.82, 2.24) is 19.5 Å². The molecule has 1 saturated heterocycles. The summed E-state index contributed by atoms with van der Waals surface area (Å²) < 4.78 is 7.50. The van der Waals surface area contributed by atoms with Crippen LogP contribution in [-0.4, -0.2) is 89.0 Å². The van der Waals surface area contributed by atoms with Gasteiger partial charge in [-0.15, -0.1) is 0 Å². The molecule has 14 nitrogen and oxygen atoms in total. The SMILES string of the molecule is [N-]=[N+]=NCC=CC[S+](CCC(N)C(=O)O)CC1OC(n2cnc3c(N)ncnc32)C(O)C1O. The van der Waals surface area contributed by atoms with Gasteiger partial charge in [0.1, 0.15) is 53.5 Å². The molecule has 3 heterocycles. The Morgan fingerprint density at radius 2 is 2.15 bits per heavy atom. The van der Waals surface area contributed by atoms with E-state index < -0.39 is 47.4 Å². The molecule has 0 aromatic carbocycles. The highest BCUT2D eigenvalue weighted by atomic mass is 32.2. The molecule has 33 heavy (non-hydrogen) atoms. The average Bonchev–Trinajstić information content (AvgIpc) is 3.34. The third-order valence-electron chi connectivity index (χ3n) is 5.18. The zero-order valence-electron chi connectivity index (χ0n) is 17.6. The van der Waals surface area contributed by atoms with Gasteiger partial charge in [0.05, 0.1) is 6.33 Å². The number of carboxylic acids is 1. The molecule has 0 spiro atoms. The number of hydrogen-bond donors (Lipinski definition) is 5. The highest BCUT2D eigenvalue weighted by Crippen LogP contribution is 2.33. The van der Waals surface area contributed by atoms with Crippen LogP contribution in [-0.2, 0) is 20.4 Å². The lowest BCUT2D eigenvalue weighted by molar-refractivity contribution is -0.138. The lowest BCUT2D eigenvalue weighted by Crippen LogP contribution is -2.38. The number of fused-ring (bicyclic) bond motifs is 1. The Hall–Kier alpha value is -2.94. The number of aliphatic carboxylic acids is 1. The maximum Gasteiger partial charge on any atom is 0.320 e. The first-order valence-corrected chi connectivity index (χ1v) is 11.8. The highest BCUT2D eigenvalue weighted by molar-refractivity contribution is 7.97. The van der Waals surface area contributed by atoms with Gasteiger partial charge < -0.3 is 31.5 Å². The number of imidazole rings is 1. The standard InChI is InChI=1S/C18H25N9O5S/c19-10(18(30)31)3-6-33(5-2-1-4-25-26-21)7-11-13(28)14(29)17(32-11)27-9-24-12-15(20)22-8-23-16(12)27/h1-2,8-11,13-14,17,28-29H,3-7,19H2,(H2-,20,22,23,30,31)/p+1. The number of carbonyl (C=O) groups is 1. The van der Waals surface area contributed by atoms with Crippen molar-refractivity contribution in [3.05, 3.63) is 35.2 Å². The number of rotatable bonds is 11. The highest BCUT2D eigenvalue weighted by Gasteiger charge is 2.47. The fourth-order valence-electron chi connectivity index (χ4n) is 3.40. The molecule has 1 fully saturated rings. The lowest BCUT2D eigenvalue weighted by atomic mass is 10.1. The van der Waals surface area contributed by atoms with E-state index in [1.165, 1.54) is 17.2 Å². The van der Waals surface area contributed by atoms with E-state index in [-0.39, 0.29) is 18.8 Å². The molecular weight excluding hydrogens is 454 g/mol. The molecule has 6 atom stereocenters. The van der Waals surface area contributed by atoms with Gasteiger partial charge in [-0.25, -0.2) is 15.0 Å². The van der Waals surface area contributed by atoms with Crippen molar-refractivity contribution < 1.29 is 24.9 Å². The fraction of sp³-hybridized carbons (Fsp3) is 0.556. The van der Waals surface area contributed by atoms with Gasteiger partial charge >= 0.3 is 5.97 Å². The van der Waals surface area contributed by atoms with Crippen LogP contribution in [0.25, 0.3) is 21.6 Å². The van der Waals surface area contributed by atoms with Crippen molar-refractivity contribution in [1.29, 1.82) is 0 Å². The van der Waals surface area contributed by atoms with Crippen LogP contribution < -0.4 is 11.5 Å². The number of nitrogens with zero attached hydrogens (tertiary/aromatic N) is 7. The summed E-state index contributed by atoms with van der Waals surface area (Å²) >= 11 is 0. The van der Waals surface area contributed by atoms with Crippen molar-refractivity contribution in [3.8, 4) is 0 Å². The molecule has 15 heteroatoms. The van der Waals surface area contributed by atoms with Crippen LogP contribution in [0.15, 0.2) is 29.9 Å². The van der Waals surface area contributed by atoms with Crippen molar-refractivity contribution in [2.45, 2.75) is 37.0 Å². The number of aromatic nitrogens is 4. The third-order valence-corrected chi connectivity index (χ3v) is 7.46. The van der Waals surface area contributed by atoms with Crippen LogP contribution in [0.3, 0.4) is 0 Å². The Morgan fingerprint density at radius 1 is 1.36 bits per heavy atom. The van der Waals surface area contributed by atoms with E-state index in [0.717, 1.165) is 0 Å². The molecule has 2 aromatic rings. The van der Waals surface area contributed by atoms with E-state index in [4.69, 9.17) is 26.8 Å². The molecule has 0 amide bonds. The zero-order chi connectivity index (χ0) is 24.0. The molecule has 0 aliphatic carbocycles. The summed E-state index contributed by atoms with van der Waals surface area (Å²) in [6.45, 7) is 0.199. The molecule has 1 aliphatic heterocycles. The largest absolute Gasteiger partial charge is 0.480 e. The Morgan fingerprint density at radius 3 is 2.88 bits per heavy atom. The summed E-state index contributed by atoms with van der Waals surface area (Å²) in [5.41, 5.74) is 20.6. The van der Waals surface area contributed by atoms with E-state index in [9.17, 15) is 15.0 Å². The first kappa shape index (κ1) is 24.7. The topological polar surface area (TPSA) is 231 Å². The van der Waals surface area contributed by atoms with Crippen LogP contribution >= 0.6 is 0 Å². The van der Waals surface area contributed by atoms with Crippen LogP contribution in [0.2, 0.25) is 0 Å². The van der Waals surface area contributed by atoms with Gasteiger partial charge in [0, 0.05) is 17.9 Å². The maximum atomic E-state index is 11.1. The number of anilines is 1. The smallest absolute Gasteiger partial charge is 0.320 e. The quantitative estimate of drug-likeness (QED) is 0.0893. The number of aliphatic hydroxyl groups is 2. The van der Waals surface area contributed by atoms with Crippen LogP contribution in [0.5, 0.6) is 0 Å². The molecule has 0 bridgehead atoms. The van der Waals surface area contributed by atoms with E-state index in [0.29, 0.717) is 28.4 Å². The van der Waals surface area contributed by atoms with Gasteiger partial charge in [0.25, 0.3) is 0 Å². The minimum atomic E-state index is -1.24. The van der Waals surface area contributed by atoms with Gasteiger partial charge in [0.15, 0.2) is 17.7 Å². The first-order valence-electron chi connectivity index (χ1n) is 10.1. The molecule has 0 saturated carbocycles. The van der Waals surface area contributed by atoms with Gasteiger partial charge in [-0.2, -0.15) is 0 Å². The van der Waals surface area contributed by atoms with Gasteiger partial charge in [-0.3, -0.25) is 9.36 Å². The molecule has 3 rings (SSSR count). The molecule has 2 aromatic heterocycles.